The summed E-state index contributed by atoms with van der Waals surface area (Å²) in [5.41, 5.74) is 6.58. The molecule has 0 bridgehead atoms. The molecule has 2 atom stereocenters. The van der Waals surface area contributed by atoms with Crippen molar-refractivity contribution in [1.29, 1.82) is 0 Å². The number of carbonyl (C=O) groups excluding carboxylic acids is 4. The number of hydrogen-bond acceptors (Lipinski definition) is 5. The molecule has 0 radical (unpaired) electrons. The molecule has 1 aliphatic rings. The Morgan fingerprint density at radius 3 is 1.93 bits per heavy atom. The van der Waals surface area contributed by atoms with E-state index in [1.807, 2.05) is 65.6 Å². The van der Waals surface area contributed by atoms with Crippen LogP contribution in [0.5, 0.6) is 0 Å². The quantitative estimate of drug-likeness (QED) is 0.230. The molecule has 3 rings (SSSR count). The number of likely N-dealkylation sites (tertiary alicyclic amines) is 1. The van der Waals surface area contributed by atoms with Crippen molar-refractivity contribution in [3.8, 4) is 0 Å². The molecular formula is C34H50N6O4. The molecule has 10 heteroatoms. The lowest BCUT2D eigenvalue weighted by Gasteiger charge is -2.41. The highest BCUT2D eigenvalue weighted by atomic mass is 16.2. The SMILES string of the molecule is CCCCCN(CCCCC)C(=O)[C@@H]1CCN(C(=O)N(c2ccccc2)c2ccccc2)[C@@H](C(=O)NCCNCC(N)=O)C1. The molecule has 1 aliphatic heterocycles. The van der Waals surface area contributed by atoms with Crippen LogP contribution < -0.4 is 21.3 Å². The van der Waals surface area contributed by atoms with E-state index >= 15 is 0 Å². The first-order chi connectivity index (χ1) is 21.4. The van der Waals surface area contributed by atoms with E-state index in [9.17, 15) is 19.2 Å². The Kier molecular flexibility index (Phi) is 14.7. The average molecular weight is 607 g/mol. The Labute approximate surface area is 262 Å². The van der Waals surface area contributed by atoms with Gasteiger partial charge in [0.1, 0.15) is 6.04 Å². The number of urea groups is 1. The number of nitrogens with zero attached hydrogens (tertiary/aromatic N) is 3. The molecule has 0 aliphatic carbocycles. The summed E-state index contributed by atoms with van der Waals surface area (Å²) in [5, 5.41) is 5.80. The van der Waals surface area contributed by atoms with Gasteiger partial charge in [0.25, 0.3) is 0 Å². The largest absolute Gasteiger partial charge is 0.369 e. The van der Waals surface area contributed by atoms with E-state index in [1.165, 1.54) is 0 Å². The molecule has 10 nitrogen and oxygen atoms in total. The molecular weight excluding hydrogens is 556 g/mol. The van der Waals surface area contributed by atoms with Gasteiger partial charge in [0.05, 0.1) is 17.9 Å². The topological polar surface area (TPSA) is 128 Å². The lowest BCUT2D eigenvalue weighted by Crippen LogP contribution is -2.58. The average Bonchev–Trinajstić information content (AvgIpc) is 3.04. The first-order valence-corrected chi connectivity index (χ1v) is 16.1. The fourth-order valence-electron chi connectivity index (χ4n) is 5.62. The number of unbranched alkanes of at least 4 members (excludes halogenated alkanes) is 4. The van der Waals surface area contributed by atoms with Crippen LogP contribution >= 0.6 is 0 Å². The minimum Gasteiger partial charge on any atom is -0.369 e. The summed E-state index contributed by atoms with van der Waals surface area (Å²) in [4.78, 5) is 58.2. The van der Waals surface area contributed by atoms with Gasteiger partial charge in [0.2, 0.25) is 17.7 Å². The van der Waals surface area contributed by atoms with Gasteiger partial charge in [-0.15, -0.1) is 0 Å². The van der Waals surface area contributed by atoms with Crippen molar-refractivity contribution in [1.82, 2.24) is 20.4 Å². The number of hydrogen-bond donors (Lipinski definition) is 3. The van der Waals surface area contributed by atoms with Crippen LogP contribution in [0.15, 0.2) is 60.7 Å². The van der Waals surface area contributed by atoms with Crippen molar-refractivity contribution in [2.75, 3.05) is 44.2 Å². The molecule has 1 fully saturated rings. The number of nitrogens with two attached hydrogens (primary N) is 1. The number of nitrogens with one attached hydrogen (secondary N) is 2. The molecule has 2 aromatic carbocycles. The van der Waals surface area contributed by atoms with E-state index in [4.69, 9.17) is 5.73 Å². The molecule has 0 saturated carbocycles. The maximum Gasteiger partial charge on any atom is 0.329 e. The third-order valence-corrected chi connectivity index (χ3v) is 8.00. The number of benzene rings is 2. The second-order valence-electron chi connectivity index (χ2n) is 11.4. The zero-order chi connectivity index (χ0) is 31.7. The number of primary amides is 1. The lowest BCUT2D eigenvalue weighted by molar-refractivity contribution is -0.139. The molecule has 240 valence electrons. The number of rotatable bonds is 17. The highest BCUT2D eigenvalue weighted by Crippen LogP contribution is 2.31. The summed E-state index contributed by atoms with van der Waals surface area (Å²) in [7, 11) is 0. The van der Waals surface area contributed by atoms with Gasteiger partial charge in [-0.3, -0.25) is 19.3 Å². The van der Waals surface area contributed by atoms with Crippen molar-refractivity contribution < 1.29 is 19.2 Å². The third kappa shape index (κ3) is 10.4. The van der Waals surface area contributed by atoms with E-state index in [0.29, 0.717) is 37.4 Å². The molecule has 2 aromatic rings. The highest BCUT2D eigenvalue weighted by Gasteiger charge is 2.41. The third-order valence-electron chi connectivity index (χ3n) is 8.00. The lowest BCUT2D eigenvalue weighted by atomic mass is 9.88. The van der Waals surface area contributed by atoms with Gasteiger partial charge in [0.15, 0.2) is 0 Å². The van der Waals surface area contributed by atoms with E-state index in [2.05, 4.69) is 24.5 Å². The van der Waals surface area contributed by atoms with Crippen LogP contribution in [0.1, 0.15) is 65.2 Å². The van der Waals surface area contributed by atoms with Gasteiger partial charge in [-0.2, -0.15) is 0 Å². The molecule has 44 heavy (non-hydrogen) atoms. The van der Waals surface area contributed by atoms with E-state index in [1.54, 1.807) is 9.80 Å². The minimum atomic E-state index is -0.829. The van der Waals surface area contributed by atoms with Gasteiger partial charge in [0, 0.05) is 38.6 Å². The highest BCUT2D eigenvalue weighted by molar-refractivity contribution is 6.01. The van der Waals surface area contributed by atoms with Gasteiger partial charge in [-0.25, -0.2) is 4.79 Å². The summed E-state index contributed by atoms with van der Waals surface area (Å²) < 4.78 is 0. The maximum absolute atomic E-state index is 14.3. The first kappa shape index (κ1) is 34.6. The molecule has 0 aromatic heterocycles. The van der Waals surface area contributed by atoms with Crippen LogP contribution in [0, 0.1) is 5.92 Å². The standard InChI is InChI=1S/C34H50N6O4/c1-3-5-13-22-38(23-14-6-4-2)33(43)27-19-24-39(30(25-27)32(42)37-21-20-36-26-31(35)41)34(44)40(28-15-9-7-10-16-28)29-17-11-8-12-18-29/h7-12,15-18,27,30,36H,3-6,13-14,19-26H2,1-2H3,(H2,35,41)(H,37,42)/t27-,30-/m1/s1. The molecule has 1 saturated heterocycles. The second-order valence-corrected chi connectivity index (χ2v) is 11.4. The summed E-state index contributed by atoms with van der Waals surface area (Å²) >= 11 is 0. The summed E-state index contributed by atoms with van der Waals surface area (Å²) in [5.74, 6) is -1.08. The fraction of sp³-hybridized carbons (Fsp3) is 0.529. The van der Waals surface area contributed by atoms with Crippen LogP contribution in [0.3, 0.4) is 0 Å². The zero-order valence-electron chi connectivity index (χ0n) is 26.4. The van der Waals surface area contributed by atoms with Crippen molar-refractivity contribution in [3.63, 3.8) is 0 Å². The predicted molar refractivity (Wildman–Crippen MR) is 174 cm³/mol. The number of anilines is 2. The number of amides is 5. The van der Waals surface area contributed by atoms with Gasteiger partial charge < -0.3 is 26.2 Å². The predicted octanol–water partition coefficient (Wildman–Crippen LogP) is 4.43. The summed E-state index contributed by atoms with van der Waals surface area (Å²) in [6.45, 7) is 6.62. The van der Waals surface area contributed by atoms with Crippen molar-refractivity contribution in [2.24, 2.45) is 11.7 Å². The number of piperidine rings is 1. The van der Waals surface area contributed by atoms with Gasteiger partial charge in [-0.05, 0) is 49.9 Å². The second kappa shape index (κ2) is 18.7. The van der Waals surface area contributed by atoms with Crippen LogP contribution in [0.2, 0.25) is 0 Å². The molecule has 1 heterocycles. The molecule has 0 unspecified atom stereocenters. The van der Waals surface area contributed by atoms with Crippen LogP contribution in [0.4, 0.5) is 16.2 Å². The van der Waals surface area contributed by atoms with Crippen molar-refractivity contribution >= 4 is 35.1 Å². The Morgan fingerprint density at radius 1 is 0.841 bits per heavy atom. The normalized spacial score (nSPS) is 16.3. The Balaban J connectivity index is 1.85. The fourth-order valence-corrected chi connectivity index (χ4v) is 5.62. The van der Waals surface area contributed by atoms with Crippen molar-refractivity contribution in [3.05, 3.63) is 60.7 Å². The smallest absolute Gasteiger partial charge is 0.329 e. The molecule has 5 amide bonds. The number of carbonyl (C=O) groups is 4. The summed E-state index contributed by atoms with van der Waals surface area (Å²) in [6, 6.07) is 17.6. The van der Waals surface area contributed by atoms with Crippen molar-refractivity contribution in [2.45, 2.75) is 71.3 Å². The zero-order valence-corrected chi connectivity index (χ0v) is 26.4. The molecule has 0 spiro atoms. The summed E-state index contributed by atoms with van der Waals surface area (Å²) in [6.07, 6.45) is 6.93. The Bertz CT molecular complexity index is 1130. The Hall–Kier alpha value is -3.92. The maximum atomic E-state index is 14.3. The van der Waals surface area contributed by atoms with Gasteiger partial charge in [-0.1, -0.05) is 75.9 Å². The first-order valence-electron chi connectivity index (χ1n) is 16.1. The Morgan fingerprint density at radius 2 is 1.41 bits per heavy atom. The van der Waals surface area contributed by atoms with E-state index in [-0.39, 0.29) is 49.8 Å². The molecule has 4 N–H and O–H groups in total. The minimum absolute atomic E-state index is 0.00942. The van der Waals surface area contributed by atoms with E-state index in [0.717, 1.165) is 38.5 Å². The monoisotopic (exact) mass is 606 g/mol. The van der Waals surface area contributed by atoms with Crippen LogP contribution in [-0.4, -0.2) is 78.9 Å². The van der Waals surface area contributed by atoms with Crippen LogP contribution in [0.25, 0.3) is 0 Å². The van der Waals surface area contributed by atoms with Gasteiger partial charge >= 0.3 is 6.03 Å². The van der Waals surface area contributed by atoms with Crippen LogP contribution in [-0.2, 0) is 14.4 Å². The van der Waals surface area contributed by atoms with E-state index < -0.39 is 11.9 Å². The number of para-hydroxylation sites is 2.